The van der Waals surface area contributed by atoms with Gasteiger partial charge in [-0.25, -0.2) is 18.0 Å². The highest BCUT2D eigenvalue weighted by Crippen LogP contribution is 2.23. The summed E-state index contributed by atoms with van der Waals surface area (Å²) in [5, 5.41) is 2.89. The molecular weight excluding hydrogens is 701 g/mol. The topological polar surface area (TPSA) is 226 Å². The van der Waals surface area contributed by atoms with Gasteiger partial charge in [-0.1, -0.05) is 24.3 Å². The second-order valence-electron chi connectivity index (χ2n) is 10.7. The summed E-state index contributed by atoms with van der Waals surface area (Å²) in [6.45, 7) is 3.53. The fraction of sp³-hybridized carbons (Fsp3) is 0.0667. The number of H-pyrrole nitrogens is 2. The fourth-order valence-electron chi connectivity index (χ4n) is 4.84. The van der Waals surface area contributed by atoms with Crippen LogP contribution in [0.25, 0.3) is 11.4 Å². The summed E-state index contributed by atoms with van der Waals surface area (Å²) in [6, 6.07) is 22.8. The maximum atomic E-state index is 13.5. The molecule has 0 atom stereocenters. The molecule has 0 radical (unpaired) electrons. The van der Waals surface area contributed by atoms with E-state index in [-0.39, 0.29) is 32.5 Å². The minimum absolute atomic E-state index is 0.0677. The van der Waals surface area contributed by atoms with Crippen LogP contribution in [0.5, 0.6) is 0 Å². The van der Waals surface area contributed by atoms with Gasteiger partial charge in [-0.05, 0) is 93.4 Å². The van der Waals surface area contributed by atoms with E-state index in [4.69, 9.17) is 9.05 Å². The summed E-state index contributed by atoms with van der Waals surface area (Å²) in [7, 11) is -13.1. The first-order chi connectivity index (χ1) is 23.2. The zero-order valence-corrected chi connectivity index (χ0v) is 27.9. The zero-order valence-electron chi connectivity index (χ0n) is 25.4. The minimum Gasteiger partial charge on any atom is -0.281 e. The van der Waals surface area contributed by atoms with Gasteiger partial charge >= 0.3 is 41.3 Å². The van der Waals surface area contributed by atoms with E-state index in [1.54, 1.807) is 50.2 Å². The Morgan fingerprint density at radius 3 is 1.27 bits per heavy atom. The summed E-state index contributed by atoms with van der Waals surface area (Å²) < 4.78 is 95.3. The van der Waals surface area contributed by atoms with Gasteiger partial charge in [0, 0.05) is 35.6 Å². The van der Waals surface area contributed by atoms with Crippen LogP contribution >= 0.6 is 0 Å². The number of hydrogen-bond acceptors (Lipinski definition) is 10. The number of anilines is 2. The van der Waals surface area contributed by atoms with Crippen molar-refractivity contribution in [2.45, 2.75) is 33.7 Å². The Morgan fingerprint density at radius 1 is 0.551 bits per heavy atom. The lowest BCUT2D eigenvalue weighted by molar-refractivity contribution is -0.705. The molecule has 0 spiro atoms. The Hall–Kier alpha value is -5.79. The van der Waals surface area contributed by atoms with Crippen molar-refractivity contribution in [3.63, 3.8) is 0 Å². The second-order valence-corrected chi connectivity index (χ2v) is 15.8. The first-order valence-electron chi connectivity index (χ1n) is 14.1. The number of sulfonamides is 2. The van der Waals surface area contributed by atoms with Gasteiger partial charge < -0.3 is 0 Å². The van der Waals surface area contributed by atoms with E-state index < -0.39 is 51.2 Å². The molecule has 0 aliphatic heterocycles. The first-order valence-corrected chi connectivity index (χ1v) is 18.5. The van der Waals surface area contributed by atoms with Gasteiger partial charge in [0.05, 0.1) is 9.79 Å². The molecule has 0 saturated heterocycles. The molecule has 0 saturated carbocycles. The van der Waals surface area contributed by atoms with Gasteiger partial charge in [-0.2, -0.15) is 16.8 Å². The summed E-state index contributed by atoms with van der Waals surface area (Å²) in [6.07, 6.45) is 0. The third-order valence-corrected chi connectivity index (χ3v) is 11.6. The van der Waals surface area contributed by atoms with Crippen molar-refractivity contribution < 1.29 is 43.7 Å². The number of aromatic nitrogens is 4. The Balaban J connectivity index is 1.26. The average molecular weight is 727 g/mol. The lowest BCUT2D eigenvalue weighted by atomic mass is 10.2. The van der Waals surface area contributed by atoms with Crippen LogP contribution in [0.1, 0.15) is 11.1 Å². The van der Waals surface area contributed by atoms with E-state index in [9.17, 15) is 34.8 Å². The molecule has 6 rings (SSSR count). The molecule has 49 heavy (non-hydrogen) atoms. The summed E-state index contributed by atoms with van der Waals surface area (Å²) in [4.78, 5) is 24.5. The second kappa shape index (κ2) is 12.3. The lowest BCUT2D eigenvalue weighted by Crippen LogP contribution is -2.42. The predicted octanol–water partition coefficient (Wildman–Crippen LogP) is 1.85. The van der Waals surface area contributed by atoms with Crippen LogP contribution < -0.4 is 30.1 Å². The molecule has 16 nitrogen and oxygen atoms in total. The van der Waals surface area contributed by atoms with Crippen molar-refractivity contribution in [3.05, 3.63) is 129 Å². The lowest BCUT2D eigenvalue weighted by Gasteiger charge is -2.06. The van der Waals surface area contributed by atoms with Crippen LogP contribution in [-0.4, -0.2) is 35.8 Å². The van der Waals surface area contributed by atoms with E-state index in [2.05, 4.69) is 20.0 Å². The minimum atomic E-state index is -4.45. The molecule has 0 bridgehead atoms. The first kappa shape index (κ1) is 33.1. The maximum absolute atomic E-state index is 13.5. The SMILES string of the molecule is Cc1cccc(NS(=O)(=O)c2c(=O)o[nH][n+]2-c2ccc(S(=O)(=O)c3ccc(-[n+]4[nH]oc(=O)c4S(=O)(=O)Nc4cccc(C)c4)cc3)cc2)c1. The van der Waals surface area contributed by atoms with Crippen LogP contribution in [-0.2, 0) is 29.9 Å². The van der Waals surface area contributed by atoms with Crippen LogP contribution in [0.4, 0.5) is 11.4 Å². The third-order valence-electron chi connectivity index (χ3n) is 7.07. The number of nitrogens with one attached hydrogen (secondary N) is 4. The van der Waals surface area contributed by atoms with Crippen molar-refractivity contribution in [1.29, 1.82) is 0 Å². The van der Waals surface area contributed by atoms with E-state index in [0.717, 1.165) is 20.5 Å². The van der Waals surface area contributed by atoms with Crippen molar-refractivity contribution in [2.75, 3.05) is 9.44 Å². The molecular formula is C30H26N6O10S3+2. The van der Waals surface area contributed by atoms with Crippen molar-refractivity contribution in [3.8, 4) is 11.4 Å². The zero-order chi connectivity index (χ0) is 35.1. The number of aromatic amines is 2. The van der Waals surface area contributed by atoms with Crippen molar-refractivity contribution in [2.24, 2.45) is 0 Å². The van der Waals surface area contributed by atoms with Crippen molar-refractivity contribution in [1.82, 2.24) is 10.5 Å². The average Bonchev–Trinajstić information content (AvgIpc) is 3.64. The molecule has 252 valence electrons. The Morgan fingerprint density at radius 2 is 0.918 bits per heavy atom. The fourth-order valence-corrected chi connectivity index (χ4v) is 8.45. The summed E-state index contributed by atoms with van der Waals surface area (Å²) in [5.74, 6) is 0. The van der Waals surface area contributed by atoms with Gasteiger partial charge in [-0.15, -0.1) is 0 Å². The molecule has 6 aromatic rings. The number of benzene rings is 4. The van der Waals surface area contributed by atoms with Gasteiger partial charge in [0.15, 0.2) is 0 Å². The molecule has 0 fully saturated rings. The van der Waals surface area contributed by atoms with Crippen LogP contribution in [0, 0.1) is 13.8 Å². The van der Waals surface area contributed by atoms with E-state index in [1.807, 2.05) is 0 Å². The van der Waals surface area contributed by atoms with Gasteiger partial charge in [0.1, 0.15) is 0 Å². The Bertz CT molecular complexity index is 2480. The van der Waals surface area contributed by atoms with Crippen LogP contribution in [0.3, 0.4) is 0 Å². The standard InChI is InChI=1S/C30H24N6O10S3/c1-19-5-3-7-21(17-19)31-48(41,42)27-29(37)45-33-35(27)23-9-13-25(14-10-23)47(39,40)26-15-11-24(12-16-26)36-28(30(38)46-34-36)49(43,44)32-22-8-4-6-20(2)18-22/h3-18,31-32H,1-2H3/p+2. The van der Waals surface area contributed by atoms with E-state index in [0.29, 0.717) is 0 Å². The van der Waals surface area contributed by atoms with Gasteiger partial charge in [-0.3, -0.25) is 18.5 Å². The van der Waals surface area contributed by atoms with Gasteiger partial charge in [0.25, 0.3) is 0 Å². The van der Waals surface area contributed by atoms with E-state index in [1.165, 1.54) is 60.7 Å². The number of hydrogen-bond donors (Lipinski definition) is 4. The molecule has 2 aromatic heterocycles. The van der Waals surface area contributed by atoms with Crippen LogP contribution in [0.2, 0.25) is 0 Å². The maximum Gasteiger partial charge on any atom is 0.449 e. The van der Waals surface area contributed by atoms with E-state index >= 15 is 0 Å². The molecule has 0 aliphatic rings. The number of sulfone groups is 1. The largest absolute Gasteiger partial charge is 0.449 e. The third kappa shape index (κ3) is 6.53. The summed E-state index contributed by atoms with van der Waals surface area (Å²) in [5.41, 5.74) is -0.246. The highest BCUT2D eigenvalue weighted by Gasteiger charge is 2.38. The number of nitrogens with zero attached hydrogens (tertiary/aromatic N) is 2. The highest BCUT2D eigenvalue weighted by atomic mass is 32.2. The molecule has 4 N–H and O–H groups in total. The smallest absolute Gasteiger partial charge is 0.281 e. The Labute approximate surface area is 278 Å². The highest BCUT2D eigenvalue weighted by molar-refractivity contribution is 7.92. The molecule has 19 heteroatoms. The predicted molar refractivity (Wildman–Crippen MR) is 171 cm³/mol. The van der Waals surface area contributed by atoms with Gasteiger partial charge in [0.2, 0.25) is 21.2 Å². The Kier molecular flexibility index (Phi) is 8.34. The normalized spacial score (nSPS) is 12.1. The molecule has 0 unspecified atom stereocenters. The molecule has 4 aromatic carbocycles. The number of aryl methyl sites for hydroxylation is 2. The summed E-state index contributed by atoms with van der Waals surface area (Å²) >= 11 is 0. The molecule has 2 heterocycles. The van der Waals surface area contributed by atoms with Crippen LogP contribution in [0.15, 0.2) is 136 Å². The monoisotopic (exact) mass is 726 g/mol. The van der Waals surface area contributed by atoms with Crippen molar-refractivity contribution >= 4 is 41.3 Å². The molecule has 0 amide bonds. The molecule has 0 aliphatic carbocycles. The quantitative estimate of drug-likeness (QED) is 0.150. The number of rotatable bonds is 10.